The van der Waals surface area contributed by atoms with Crippen LogP contribution in [-0.4, -0.2) is 22.4 Å². The second kappa shape index (κ2) is 6.16. The quantitative estimate of drug-likeness (QED) is 0.603. The summed E-state index contributed by atoms with van der Waals surface area (Å²) in [7, 11) is 0. The van der Waals surface area contributed by atoms with Crippen LogP contribution in [0, 0.1) is 0 Å². The third-order valence-corrected chi connectivity index (χ3v) is 4.28. The molecule has 24 heavy (non-hydrogen) atoms. The number of aromatic nitrogens is 2. The number of para-hydroxylation sites is 1. The second-order valence-electron chi connectivity index (χ2n) is 5.77. The first-order valence-electron chi connectivity index (χ1n) is 7.99. The van der Waals surface area contributed by atoms with E-state index in [0.717, 1.165) is 22.7 Å². The molecule has 4 aromatic rings. The molecule has 0 fully saturated rings. The SMILES string of the molecule is O=C(NCCc1c[nH]c2ccccc12)c1cccc2ccncc12. The van der Waals surface area contributed by atoms with Crippen molar-refractivity contribution in [2.45, 2.75) is 6.42 Å². The van der Waals surface area contributed by atoms with Crippen LogP contribution in [-0.2, 0) is 6.42 Å². The average molecular weight is 315 g/mol. The highest BCUT2D eigenvalue weighted by molar-refractivity contribution is 6.06. The smallest absolute Gasteiger partial charge is 0.251 e. The van der Waals surface area contributed by atoms with Gasteiger partial charge in [-0.3, -0.25) is 9.78 Å². The number of benzene rings is 2. The van der Waals surface area contributed by atoms with Gasteiger partial charge in [-0.05, 0) is 35.6 Å². The van der Waals surface area contributed by atoms with Crippen LogP contribution in [0.25, 0.3) is 21.7 Å². The Hall–Kier alpha value is -3.14. The van der Waals surface area contributed by atoms with Gasteiger partial charge in [-0.1, -0.05) is 30.3 Å². The number of rotatable bonds is 4. The molecule has 0 saturated heterocycles. The van der Waals surface area contributed by atoms with Crippen LogP contribution in [0.15, 0.2) is 67.1 Å². The minimum Gasteiger partial charge on any atom is -0.361 e. The molecule has 0 saturated carbocycles. The maximum atomic E-state index is 12.5. The Kier molecular flexibility index (Phi) is 3.71. The summed E-state index contributed by atoms with van der Waals surface area (Å²) in [4.78, 5) is 19.9. The predicted molar refractivity (Wildman–Crippen MR) is 96.1 cm³/mol. The van der Waals surface area contributed by atoms with E-state index in [1.807, 2.05) is 42.6 Å². The molecule has 2 N–H and O–H groups in total. The molecule has 0 spiro atoms. The third-order valence-electron chi connectivity index (χ3n) is 4.28. The van der Waals surface area contributed by atoms with Gasteiger partial charge in [-0.15, -0.1) is 0 Å². The number of H-pyrrole nitrogens is 1. The van der Waals surface area contributed by atoms with Crippen molar-refractivity contribution >= 4 is 27.6 Å². The fourth-order valence-corrected chi connectivity index (χ4v) is 3.06. The summed E-state index contributed by atoms with van der Waals surface area (Å²) in [5.74, 6) is -0.0616. The van der Waals surface area contributed by atoms with E-state index < -0.39 is 0 Å². The van der Waals surface area contributed by atoms with Crippen molar-refractivity contribution in [3.05, 3.63) is 78.2 Å². The van der Waals surface area contributed by atoms with Gasteiger partial charge in [0.2, 0.25) is 0 Å². The standard InChI is InChI=1S/C20H17N3O/c24-20(17-6-3-4-14-8-10-21-13-18(14)17)22-11-9-15-12-23-19-7-2-1-5-16(15)19/h1-8,10,12-13,23H,9,11H2,(H,22,24). The highest BCUT2D eigenvalue weighted by Crippen LogP contribution is 2.19. The van der Waals surface area contributed by atoms with E-state index in [4.69, 9.17) is 0 Å². The molecule has 2 aromatic heterocycles. The monoisotopic (exact) mass is 315 g/mol. The number of aromatic amines is 1. The topological polar surface area (TPSA) is 57.8 Å². The van der Waals surface area contributed by atoms with Gasteiger partial charge >= 0.3 is 0 Å². The van der Waals surface area contributed by atoms with E-state index in [-0.39, 0.29) is 5.91 Å². The number of hydrogen-bond donors (Lipinski definition) is 2. The molecule has 0 aliphatic heterocycles. The molecule has 0 unspecified atom stereocenters. The van der Waals surface area contributed by atoms with Gasteiger partial charge in [0.25, 0.3) is 5.91 Å². The first kappa shape index (κ1) is 14.5. The second-order valence-corrected chi connectivity index (χ2v) is 5.77. The fraction of sp³-hybridized carbons (Fsp3) is 0.100. The minimum atomic E-state index is -0.0616. The predicted octanol–water partition coefficient (Wildman–Crippen LogP) is 3.69. The number of amides is 1. The van der Waals surface area contributed by atoms with Crippen LogP contribution < -0.4 is 5.32 Å². The first-order chi connectivity index (χ1) is 11.8. The minimum absolute atomic E-state index is 0.0616. The molecule has 0 radical (unpaired) electrons. The van der Waals surface area contributed by atoms with Gasteiger partial charge in [-0.25, -0.2) is 0 Å². The number of nitrogens with one attached hydrogen (secondary N) is 2. The molecule has 0 atom stereocenters. The largest absolute Gasteiger partial charge is 0.361 e. The van der Waals surface area contributed by atoms with Gasteiger partial charge in [-0.2, -0.15) is 0 Å². The molecular weight excluding hydrogens is 298 g/mol. The zero-order chi connectivity index (χ0) is 16.4. The van der Waals surface area contributed by atoms with Gasteiger partial charge in [0.1, 0.15) is 0 Å². The van der Waals surface area contributed by atoms with E-state index in [2.05, 4.69) is 27.4 Å². The average Bonchev–Trinajstić information content (AvgIpc) is 3.04. The summed E-state index contributed by atoms with van der Waals surface area (Å²) < 4.78 is 0. The van der Waals surface area contributed by atoms with Crippen molar-refractivity contribution in [3.63, 3.8) is 0 Å². The molecule has 1 amide bonds. The molecule has 0 aliphatic rings. The lowest BCUT2D eigenvalue weighted by atomic mass is 10.1. The van der Waals surface area contributed by atoms with E-state index in [1.165, 1.54) is 10.9 Å². The molecule has 4 nitrogen and oxygen atoms in total. The lowest BCUT2D eigenvalue weighted by Gasteiger charge is -2.07. The number of pyridine rings is 1. The van der Waals surface area contributed by atoms with E-state index in [1.54, 1.807) is 12.4 Å². The lowest BCUT2D eigenvalue weighted by Crippen LogP contribution is -2.25. The third kappa shape index (κ3) is 2.63. The summed E-state index contributed by atoms with van der Waals surface area (Å²) >= 11 is 0. The zero-order valence-electron chi connectivity index (χ0n) is 13.1. The summed E-state index contributed by atoms with van der Waals surface area (Å²) in [6, 6.07) is 15.8. The Morgan fingerprint density at radius 1 is 1.04 bits per heavy atom. The van der Waals surface area contributed by atoms with Crippen LogP contribution >= 0.6 is 0 Å². The summed E-state index contributed by atoms with van der Waals surface area (Å²) in [6.45, 7) is 0.595. The zero-order valence-corrected chi connectivity index (χ0v) is 13.1. The molecule has 4 rings (SSSR count). The van der Waals surface area contributed by atoms with E-state index in [0.29, 0.717) is 12.1 Å². The molecule has 0 aliphatic carbocycles. The van der Waals surface area contributed by atoms with Gasteiger partial charge in [0.05, 0.1) is 0 Å². The molecule has 118 valence electrons. The van der Waals surface area contributed by atoms with Crippen molar-refractivity contribution in [3.8, 4) is 0 Å². The van der Waals surface area contributed by atoms with Crippen LogP contribution in [0.2, 0.25) is 0 Å². The molecule has 2 heterocycles. The van der Waals surface area contributed by atoms with Gasteiger partial charge < -0.3 is 10.3 Å². The number of carbonyl (C=O) groups excluding carboxylic acids is 1. The number of fused-ring (bicyclic) bond motifs is 2. The van der Waals surface area contributed by atoms with Crippen molar-refractivity contribution < 1.29 is 4.79 Å². The van der Waals surface area contributed by atoms with Crippen molar-refractivity contribution in [1.29, 1.82) is 0 Å². The van der Waals surface area contributed by atoms with Crippen LogP contribution in [0.1, 0.15) is 15.9 Å². The fourth-order valence-electron chi connectivity index (χ4n) is 3.06. The van der Waals surface area contributed by atoms with Crippen LogP contribution in [0.5, 0.6) is 0 Å². The summed E-state index contributed by atoms with van der Waals surface area (Å²) in [5.41, 5.74) is 3.00. The highest BCUT2D eigenvalue weighted by Gasteiger charge is 2.10. The molecule has 4 heteroatoms. The summed E-state index contributed by atoms with van der Waals surface area (Å²) in [6.07, 6.45) is 6.28. The first-order valence-corrected chi connectivity index (χ1v) is 7.99. The number of nitrogens with zero attached hydrogens (tertiary/aromatic N) is 1. The summed E-state index contributed by atoms with van der Waals surface area (Å²) in [5, 5.41) is 6.12. The Bertz CT molecular complexity index is 1010. The van der Waals surface area contributed by atoms with Crippen molar-refractivity contribution in [2.24, 2.45) is 0 Å². The maximum absolute atomic E-state index is 12.5. The highest BCUT2D eigenvalue weighted by atomic mass is 16.1. The van der Waals surface area contributed by atoms with E-state index >= 15 is 0 Å². The maximum Gasteiger partial charge on any atom is 0.251 e. The number of carbonyl (C=O) groups is 1. The van der Waals surface area contributed by atoms with Crippen LogP contribution in [0.3, 0.4) is 0 Å². The Balaban J connectivity index is 1.48. The Morgan fingerprint density at radius 3 is 2.92 bits per heavy atom. The molecule has 2 aromatic carbocycles. The Labute approximate surface area is 139 Å². The van der Waals surface area contributed by atoms with Crippen molar-refractivity contribution in [2.75, 3.05) is 6.54 Å². The van der Waals surface area contributed by atoms with Crippen LogP contribution in [0.4, 0.5) is 0 Å². The normalized spacial score (nSPS) is 11.0. The lowest BCUT2D eigenvalue weighted by molar-refractivity contribution is 0.0956. The number of hydrogen-bond acceptors (Lipinski definition) is 2. The van der Waals surface area contributed by atoms with E-state index in [9.17, 15) is 4.79 Å². The van der Waals surface area contributed by atoms with Gasteiger partial charge in [0.15, 0.2) is 0 Å². The molecule has 0 bridgehead atoms. The molecular formula is C20H17N3O. The van der Waals surface area contributed by atoms with Gasteiger partial charge in [0, 0.05) is 47.0 Å². The van der Waals surface area contributed by atoms with Crippen molar-refractivity contribution in [1.82, 2.24) is 15.3 Å². The Morgan fingerprint density at radius 2 is 1.96 bits per heavy atom.